The first kappa shape index (κ1) is 7.86. The molecule has 1 rings (SSSR count). The summed E-state index contributed by atoms with van der Waals surface area (Å²) in [5, 5.41) is 11.1. The maximum Gasteiger partial charge on any atom is 0.182 e. The molecule has 0 saturated heterocycles. The fourth-order valence-corrected chi connectivity index (χ4v) is 1.02. The highest BCUT2D eigenvalue weighted by molar-refractivity contribution is 5.36. The molecule has 0 unspecified atom stereocenters. The largest absolute Gasteiger partial charge is 0.290 e. The van der Waals surface area contributed by atoms with Gasteiger partial charge >= 0.3 is 0 Å². The Labute approximate surface area is 67.0 Å². The second-order valence-electron chi connectivity index (χ2n) is 2.60. The van der Waals surface area contributed by atoms with Crippen LogP contribution >= 0.6 is 0 Å². The van der Waals surface area contributed by atoms with Crippen LogP contribution in [0.3, 0.4) is 0 Å². The van der Waals surface area contributed by atoms with Gasteiger partial charge in [0.2, 0.25) is 0 Å². The lowest BCUT2D eigenvalue weighted by Crippen LogP contribution is -1.82. The first-order chi connectivity index (χ1) is 5.24. The minimum Gasteiger partial charge on any atom is -0.290 e. The van der Waals surface area contributed by atoms with E-state index >= 15 is 0 Å². The summed E-state index contributed by atoms with van der Waals surface area (Å²) in [5.41, 5.74) is 1.96. The van der Waals surface area contributed by atoms with E-state index in [1.165, 1.54) is 0 Å². The Morgan fingerprint density at radius 1 is 1.55 bits per heavy atom. The Morgan fingerprint density at radius 3 is 2.91 bits per heavy atom. The van der Waals surface area contributed by atoms with Gasteiger partial charge in [0, 0.05) is 5.56 Å². The molecule has 0 fully saturated rings. The van der Waals surface area contributed by atoms with Crippen LogP contribution in [0.2, 0.25) is 0 Å². The van der Waals surface area contributed by atoms with Crippen LogP contribution in [-0.4, -0.2) is 0 Å². The Bertz CT molecular complexity index is 264. The van der Waals surface area contributed by atoms with Crippen LogP contribution in [0.1, 0.15) is 11.1 Å². The van der Waals surface area contributed by atoms with Gasteiger partial charge in [-0.05, 0) is 19.4 Å². The monoisotopic (exact) mass is 147 g/mol. The van der Waals surface area contributed by atoms with E-state index in [0.717, 1.165) is 11.1 Å². The lowest BCUT2D eigenvalue weighted by Gasteiger charge is -1.98. The van der Waals surface area contributed by atoms with Crippen molar-refractivity contribution in [2.45, 2.75) is 13.3 Å². The summed E-state index contributed by atoms with van der Waals surface area (Å²) in [4.78, 5) is 0. The van der Waals surface area contributed by atoms with Gasteiger partial charge in [-0.1, -0.05) is 23.8 Å². The molecule has 1 aromatic rings. The van der Waals surface area contributed by atoms with Crippen molar-refractivity contribution in [2.75, 3.05) is 0 Å². The highest BCUT2D eigenvalue weighted by atomic mass is 16.3. The van der Waals surface area contributed by atoms with Gasteiger partial charge in [-0.15, -0.1) is 6.58 Å². The molecule has 0 aliphatic rings. The Morgan fingerprint density at radius 2 is 2.27 bits per heavy atom. The first-order valence-corrected chi connectivity index (χ1v) is 3.61. The smallest absolute Gasteiger partial charge is 0.182 e. The summed E-state index contributed by atoms with van der Waals surface area (Å²) < 4.78 is 0. The predicted octanol–water partition coefficient (Wildman–Crippen LogP) is 2.87. The van der Waals surface area contributed by atoms with E-state index in [0.29, 0.717) is 6.42 Å². The van der Waals surface area contributed by atoms with Gasteiger partial charge in [-0.25, -0.2) is 0 Å². The van der Waals surface area contributed by atoms with Crippen molar-refractivity contribution in [1.82, 2.24) is 0 Å². The van der Waals surface area contributed by atoms with Crippen molar-refractivity contribution in [2.24, 2.45) is 0 Å². The first-order valence-electron chi connectivity index (χ1n) is 3.61. The summed E-state index contributed by atoms with van der Waals surface area (Å²) in [7, 11) is 0. The molecule has 0 spiro atoms. The van der Waals surface area contributed by atoms with E-state index < -0.39 is 0 Å². The van der Waals surface area contributed by atoms with E-state index in [2.05, 4.69) is 6.58 Å². The summed E-state index contributed by atoms with van der Waals surface area (Å²) in [6, 6.07) is 5.34. The predicted molar refractivity (Wildman–Crippen MR) is 45.2 cm³/mol. The zero-order valence-corrected chi connectivity index (χ0v) is 6.63. The van der Waals surface area contributed by atoms with Gasteiger partial charge in [0.15, 0.2) is 5.75 Å². The van der Waals surface area contributed by atoms with Crippen LogP contribution in [0.4, 0.5) is 0 Å². The van der Waals surface area contributed by atoms with Crippen LogP contribution in [0.15, 0.2) is 30.9 Å². The third kappa shape index (κ3) is 1.84. The number of aryl methyl sites for hydroxylation is 1. The van der Waals surface area contributed by atoms with Crippen molar-refractivity contribution < 1.29 is 5.11 Å². The van der Waals surface area contributed by atoms with Gasteiger partial charge in [0.25, 0.3) is 0 Å². The molecule has 1 aromatic carbocycles. The average molecular weight is 147 g/mol. The van der Waals surface area contributed by atoms with E-state index in [-0.39, 0.29) is 5.75 Å². The van der Waals surface area contributed by atoms with E-state index in [9.17, 15) is 5.11 Å². The SMILES string of the molecule is C=CCc1cc(C)ccc1[O]. The topological polar surface area (TPSA) is 19.9 Å². The third-order valence-electron chi connectivity index (χ3n) is 1.58. The molecule has 0 N–H and O–H groups in total. The van der Waals surface area contributed by atoms with Gasteiger partial charge in [-0.2, -0.15) is 0 Å². The van der Waals surface area contributed by atoms with E-state index in [1.54, 1.807) is 12.1 Å². The molecule has 0 atom stereocenters. The normalized spacial score (nSPS) is 9.55. The second kappa shape index (κ2) is 3.24. The molecular formula is C10H11O. The van der Waals surface area contributed by atoms with Crippen LogP contribution in [0, 0.1) is 6.92 Å². The van der Waals surface area contributed by atoms with Crippen LogP contribution in [0.25, 0.3) is 0 Å². The summed E-state index contributed by atoms with van der Waals surface area (Å²) >= 11 is 0. The number of benzene rings is 1. The van der Waals surface area contributed by atoms with Crippen LogP contribution < -0.4 is 0 Å². The maximum atomic E-state index is 11.1. The average Bonchev–Trinajstić information content (AvgIpc) is 1.98. The minimum atomic E-state index is 0.107. The number of hydrogen-bond donors (Lipinski definition) is 0. The fraction of sp³-hybridized carbons (Fsp3) is 0.200. The summed E-state index contributed by atoms with van der Waals surface area (Å²) in [6.45, 7) is 5.57. The Hall–Kier alpha value is -1.24. The molecule has 0 heterocycles. The molecular weight excluding hydrogens is 136 g/mol. The number of rotatable bonds is 2. The third-order valence-corrected chi connectivity index (χ3v) is 1.58. The molecule has 0 aromatic heterocycles. The lowest BCUT2D eigenvalue weighted by molar-refractivity contribution is 0.351. The van der Waals surface area contributed by atoms with Crippen molar-refractivity contribution in [3.05, 3.63) is 42.0 Å². The zero-order chi connectivity index (χ0) is 8.27. The molecule has 0 aliphatic carbocycles. The zero-order valence-electron chi connectivity index (χ0n) is 6.63. The molecule has 0 amide bonds. The van der Waals surface area contributed by atoms with Gasteiger partial charge < -0.3 is 0 Å². The number of hydrogen-bond acceptors (Lipinski definition) is 0. The molecule has 11 heavy (non-hydrogen) atoms. The van der Waals surface area contributed by atoms with Crippen molar-refractivity contribution in [1.29, 1.82) is 0 Å². The summed E-state index contributed by atoms with van der Waals surface area (Å²) in [6.07, 6.45) is 2.41. The number of allylic oxidation sites excluding steroid dienone is 1. The standard InChI is InChI=1S/C10H11O/c1-3-4-9-7-8(2)5-6-10(9)11/h3,5-7H,1,4H2,2H3. The molecule has 1 radical (unpaired) electrons. The highest BCUT2D eigenvalue weighted by Crippen LogP contribution is 2.19. The van der Waals surface area contributed by atoms with E-state index in [4.69, 9.17) is 0 Å². The molecule has 0 aliphatic heterocycles. The van der Waals surface area contributed by atoms with Crippen molar-refractivity contribution in [3.8, 4) is 5.75 Å². The Kier molecular flexibility index (Phi) is 2.32. The van der Waals surface area contributed by atoms with Gasteiger partial charge in [0.05, 0.1) is 0 Å². The molecule has 57 valence electrons. The fourth-order valence-electron chi connectivity index (χ4n) is 1.02. The second-order valence-corrected chi connectivity index (χ2v) is 2.60. The quantitative estimate of drug-likeness (QED) is 0.573. The maximum absolute atomic E-state index is 11.1. The summed E-state index contributed by atoms with van der Waals surface area (Å²) in [5.74, 6) is 0.107. The lowest BCUT2D eigenvalue weighted by atomic mass is 10.1. The minimum absolute atomic E-state index is 0.107. The van der Waals surface area contributed by atoms with Crippen LogP contribution in [-0.2, 0) is 11.5 Å². The van der Waals surface area contributed by atoms with E-state index in [1.807, 2.05) is 19.1 Å². The van der Waals surface area contributed by atoms with Crippen molar-refractivity contribution >= 4 is 0 Å². The molecule has 1 nitrogen and oxygen atoms in total. The highest BCUT2D eigenvalue weighted by Gasteiger charge is 1.99. The van der Waals surface area contributed by atoms with Crippen molar-refractivity contribution in [3.63, 3.8) is 0 Å². The molecule has 0 saturated carbocycles. The Balaban J connectivity index is 3.01. The molecule has 0 bridgehead atoms. The van der Waals surface area contributed by atoms with Gasteiger partial charge in [0.1, 0.15) is 0 Å². The van der Waals surface area contributed by atoms with Crippen LogP contribution in [0.5, 0.6) is 5.75 Å². The van der Waals surface area contributed by atoms with Gasteiger partial charge in [-0.3, -0.25) is 5.11 Å². The molecule has 1 heteroatoms.